The monoisotopic (exact) mass is 377 g/mol. The van der Waals surface area contributed by atoms with E-state index in [1.165, 1.54) is 12.1 Å². The molecule has 1 aliphatic rings. The van der Waals surface area contributed by atoms with Crippen LogP contribution in [0.25, 0.3) is 6.08 Å². The summed E-state index contributed by atoms with van der Waals surface area (Å²) in [4.78, 5) is 14.5. The number of halogens is 1. The molecule has 1 fully saturated rings. The van der Waals surface area contributed by atoms with Crippen molar-refractivity contribution in [2.24, 2.45) is 0 Å². The first kappa shape index (κ1) is 19.6. The van der Waals surface area contributed by atoms with Crippen molar-refractivity contribution in [3.63, 3.8) is 0 Å². The molecule has 0 spiro atoms. The fraction of sp³-hybridized carbons (Fsp3) is 0.304. The third kappa shape index (κ3) is 4.23. The lowest BCUT2D eigenvalue weighted by atomic mass is 10.0. The molecule has 0 aliphatic carbocycles. The molecule has 1 heterocycles. The van der Waals surface area contributed by atoms with Crippen LogP contribution < -0.4 is 10.2 Å². The molecule has 0 radical (unpaired) electrons. The highest BCUT2D eigenvalue weighted by atomic mass is 19.1. The summed E-state index contributed by atoms with van der Waals surface area (Å²) in [5.74, 6) is -0.834. The number of benzene rings is 2. The van der Waals surface area contributed by atoms with Gasteiger partial charge in [-0.15, -0.1) is 0 Å². The predicted molar refractivity (Wildman–Crippen MR) is 111 cm³/mol. The number of nitriles is 1. The van der Waals surface area contributed by atoms with E-state index in [2.05, 4.69) is 5.32 Å². The fourth-order valence-corrected chi connectivity index (χ4v) is 3.36. The average molecular weight is 377 g/mol. The summed E-state index contributed by atoms with van der Waals surface area (Å²) in [7, 11) is 0. The Morgan fingerprint density at radius 2 is 1.82 bits per heavy atom. The molecule has 28 heavy (non-hydrogen) atoms. The van der Waals surface area contributed by atoms with E-state index in [4.69, 9.17) is 0 Å². The normalized spacial score (nSPS) is 14.1. The zero-order valence-electron chi connectivity index (χ0n) is 16.5. The van der Waals surface area contributed by atoms with Crippen LogP contribution in [-0.4, -0.2) is 19.0 Å². The number of nitrogens with one attached hydrogen (secondary N) is 1. The quantitative estimate of drug-likeness (QED) is 0.609. The topological polar surface area (TPSA) is 56.1 Å². The van der Waals surface area contributed by atoms with Crippen molar-refractivity contribution in [1.82, 2.24) is 0 Å². The molecule has 1 saturated heterocycles. The van der Waals surface area contributed by atoms with Gasteiger partial charge in [0.1, 0.15) is 17.5 Å². The minimum absolute atomic E-state index is 0.0605. The largest absolute Gasteiger partial charge is 0.369 e. The van der Waals surface area contributed by atoms with Gasteiger partial charge in [0.25, 0.3) is 5.91 Å². The van der Waals surface area contributed by atoms with E-state index in [0.29, 0.717) is 16.9 Å². The van der Waals surface area contributed by atoms with Gasteiger partial charge in [-0.2, -0.15) is 5.26 Å². The zero-order valence-corrected chi connectivity index (χ0v) is 16.5. The summed E-state index contributed by atoms with van der Waals surface area (Å²) in [6.45, 7) is 7.52. The van der Waals surface area contributed by atoms with Gasteiger partial charge in [-0.1, -0.05) is 6.07 Å². The van der Waals surface area contributed by atoms with Crippen molar-refractivity contribution in [1.29, 1.82) is 5.26 Å². The fourth-order valence-electron chi connectivity index (χ4n) is 3.36. The van der Waals surface area contributed by atoms with E-state index < -0.39 is 5.91 Å². The van der Waals surface area contributed by atoms with Crippen molar-refractivity contribution < 1.29 is 9.18 Å². The van der Waals surface area contributed by atoms with Crippen LogP contribution in [0.4, 0.5) is 15.8 Å². The number of hydrogen-bond donors (Lipinski definition) is 1. The lowest BCUT2D eigenvalue weighted by Gasteiger charge is -2.19. The molecule has 0 unspecified atom stereocenters. The van der Waals surface area contributed by atoms with Crippen molar-refractivity contribution in [3.05, 3.63) is 64.0 Å². The van der Waals surface area contributed by atoms with Gasteiger partial charge in [0, 0.05) is 18.8 Å². The maximum atomic E-state index is 14.6. The van der Waals surface area contributed by atoms with Gasteiger partial charge in [-0.3, -0.25) is 4.79 Å². The molecule has 2 aromatic carbocycles. The molecule has 1 amide bonds. The van der Waals surface area contributed by atoms with E-state index in [9.17, 15) is 14.4 Å². The summed E-state index contributed by atoms with van der Waals surface area (Å²) in [6.07, 6.45) is 3.58. The Hall–Kier alpha value is -3.13. The lowest BCUT2D eigenvalue weighted by Crippen LogP contribution is -2.19. The van der Waals surface area contributed by atoms with Gasteiger partial charge in [0.2, 0.25) is 0 Å². The molecular formula is C23H24FN3O. The SMILES string of the molecule is Cc1ccc(NC(=O)C(C#N)=Cc2cc(F)c(N3CCCC3)cc2C)cc1C. The molecule has 0 aromatic heterocycles. The minimum atomic E-state index is -0.505. The summed E-state index contributed by atoms with van der Waals surface area (Å²) in [5, 5.41) is 12.2. The van der Waals surface area contributed by atoms with Gasteiger partial charge in [-0.25, -0.2) is 4.39 Å². The Labute approximate surface area is 165 Å². The van der Waals surface area contributed by atoms with Crippen molar-refractivity contribution in [2.45, 2.75) is 33.6 Å². The highest BCUT2D eigenvalue weighted by Gasteiger charge is 2.18. The molecular weight excluding hydrogens is 353 g/mol. The zero-order chi connectivity index (χ0) is 20.3. The molecule has 2 aromatic rings. The molecule has 3 rings (SSSR count). The minimum Gasteiger partial charge on any atom is -0.369 e. The maximum absolute atomic E-state index is 14.6. The molecule has 1 aliphatic heterocycles. The van der Waals surface area contributed by atoms with Gasteiger partial charge < -0.3 is 10.2 Å². The molecule has 4 nitrogen and oxygen atoms in total. The Kier molecular flexibility index (Phi) is 5.79. The van der Waals surface area contributed by atoms with Crippen LogP contribution in [0.15, 0.2) is 35.9 Å². The van der Waals surface area contributed by atoms with E-state index in [0.717, 1.165) is 42.6 Å². The first-order valence-corrected chi connectivity index (χ1v) is 9.44. The lowest BCUT2D eigenvalue weighted by molar-refractivity contribution is -0.112. The van der Waals surface area contributed by atoms with Gasteiger partial charge in [0.15, 0.2) is 0 Å². The number of amides is 1. The first-order chi connectivity index (χ1) is 13.4. The van der Waals surface area contributed by atoms with E-state index >= 15 is 0 Å². The number of carbonyl (C=O) groups excluding carboxylic acids is 1. The Morgan fingerprint density at radius 3 is 2.46 bits per heavy atom. The third-order valence-corrected chi connectivity index (χ3v) is 5.21. The van der Waals surface area contributed by atoms with Crippen molar-refractivity contribution in [3.8, 4) is 6.07 Å². The number of carbonyl (C=O) groups is 1. The Balaban J connectivity index is 1.85. The second-order valence-electron chi connectivity index (χ2n) is 7.28. The van der Waals surface area contributed by atoms with Gasteiger partial charge in [0.05, 0.1) is 5.69 Å². The number of rotatable bonds is 4. The number of nitrogens with zero attached hydrogens (tertiary/aromatic N) is 2. The number of hydrogen-bond acceptors (Lipinski definition) is 3. The second kappa shape index (κ2) is 8.26. The number of aryl methyl sites for hydroxylation is 3. The van der Waals surface area contributed by atoms with E-state index in [-0.39, 0.29) is 11.4 Å². The smallest absolute Gasteiger partial charge is 0.266 e. The summed E-state index contributed by atoms with van der Waals surface area (Å²) >= 11 is 0. The van der Waals surface area contributed by atoms with Gasteiger partial charge in [-0.05, 0) is 86.2 Å². The van der Waals surface area contributed by atoms with Crippen molar-refractivity contribution >= 4 is 23.4 Å². The second-order valence-corrected chi connectivity index (χ2v) is 7.28. The van der Waals surface area contributed by atoms with E-state index in [1.807, 2.05) is 43.9 Å². The highest BCUT2D eigenvalue weighted by Crippen LogP contribution is 2.28. The van der Waals surface area contributed by atoms with Crippen LogP contribution in [0.2, 0.25) is 0 Å². The molecule has 5 heteroatoms. The van der Waals surface area contributed by atoms with Crippen LogP contribution in [0.5, 0.6) is 0 Å². The van der Waals surface area contributed by atoms with Crippen LogP contribution in [-0.2, 0) is 4.79 Å². The van der Waals surface area contributed by atoms with Crippen LogP contribution in [0.3, 0.4) is 0 Å². The van der Waals surface area contributed by atoms with Crippen molar-refractivity contribution in [2.75, 3.05) is 23.3 Å². The molecule has 0 saturated carbocycles. The number of anilines is 2. The Morgan fingerprint density at radius 1 is 1.11 bits per heavy atom. The Bertz CT molecular complexity index is 982. The predicted octanol–water partition coefficient (Wildman–Crippen LogP) is 4.90. The first-order valence-electron chi connectivity index (χ1n) is 9.44. The maximum Gasteiger partial charge on any atom is 0.266 e. The van der Waals surface area contributed by atoms with Crippen LogP contribution in [0, 0.1) is 37.9 Å². The summed E-state index contributed by atoms with van der Waals surface area (Å²) in [6, 6.07) is 10.7. The van der Waals surface area contributed by atoms with Crippen LogP contribution in [0.1, 0.15) is 35.1 Å². The average Bonchev–Trinajstić information content (AvgIpc) is 3.19. The molecule has 0 bridgehead atoms. The molecule has 144 valence electrons. The van der Waals surface area contributed by atoms with Gasteiger partial charge >= 0.3 is 0 Å². The van der Waals surface area contributed by atoms with E-state index in [1.54, 1.807) is 12.1 Å². The highest BCUT2D eigenvalue weighted by molar-refractivity contribution is 6.09. The standard InChI is InChI=1S/C23H24FN3O/c1-15-6-7-20(10-16(15)2)26-23(28)19(14-25)12-18-13-21(24)22(11-17(18)3)27-8-4-5-9-27/h6-7,10-13H,4-5,8-9H2,1-3H3,(H,26,28). The third-order valence-electron chi connectivity index (χ3n) is 5.21. The van der Waals surface area contributed by atoms with Crippen LogP contribution >= 0.6 is 0 Å². The summed E-state index contributed by atoms with van der Waals surface area (Å²) < 4.78 is 14.6. The molecule has 1 N–H and O–H groups in total. The molecule has 0 atom stereocenters. The summed E-state index contributed by atoms with van der Waals surface area (Å²) in [5.41, 5.74) is 4.69.